The Bertz CT molecular complexity index is 448. The second-order valence-electron chi connectivity index (χ2n) is 6.24. The van der Waals surface area contributed by atoms with E-state index < -0.39 is 6.04 Å². The van der Waals surface area contributed by atoms with Gasteiger partial charge in [0.1, 0.15) is 0 Å². The molecule has 0 spiro atoms. The van der Waals surface area contributed by atoms with E-state index in [9.17, 15) is 4.79 Å². The van der Waals surface area contributed by atoms with Crippen molar-refractivity contribution in [1.82, 2.24) is 15.1 Å². The molecule has 0 unspecified atom stereocenters. The van der Waals surface area contributed by atoms with Crippen LogP contribution in [0.5, 0.6) is 0 Å². The maximum atomic E-state index is 12.3. The van der Waals surface area contributed by atoms with Crippen LogP contribution in [-0.4, -0.2) is 53.2 Å². The highest BCUT2D eigenvalue weighted by molar-refractivity contribution is 5.82. The molecule has 2 N–H and O–H groups in total. The van der Waals surface area contributed by atoms with Gasteiger partial charge in [-0.05, 0) is 17.5 Å². The molecule has 110 valence electrons. The Labute approximate surface area is 120 Å². The van der Waals surface area contributed by atoms with Crippen LogP contribution in [0.15, 0.2) is 18.3 Å². The first kappa shape index (κ1) is 14.7. The van der Waals surface area contributed by atoms with Crippen LogP contribution >= 0.6 is 0 Å². The Kier molecular flexibility index (Phi) is 4.23. The molecule has 0 aromatic carbocycles. The van der Waals surface area contributed by atoms with Gasteiger partial charge in [-0.1, -0.05) is 20.8 Å². The molecule has 20 heavy (non-hydrogen) atoms. The van der Waals surface area contributed by atoms with E-state index in [1.165, 1.54) is 0 Å². The number of hydrogen-bond donors (Lipinski definition) is 1. The molecule has 1 fully saturated rings. The zero-order valence-electron chi connectivity index (χ0n) is 12.4. The van der Waals surface area contributed by atoms with Crippen LogP contribution in [0.4, 0.5) is 5.82 Å². The van der Waals surface area contributed by atoms with Crippen molar-refractivity contribution in [1.29, 1.82) is 0 Å². The molecular formula is C14H23N5O. The topological polar surface area (TPSA) is 75.4 Å². The van der Waals surface area contributed by atoms with Crippen molar-refractivity contribution in [2.45, 2.75) is 26.8 Å². The van der Waals surface area contributed by atoms with E-state index in [0.717, 1.165) is 18.9 Å². The van der Waals surface area contributed by atoms with E-state index >= 15 is 0 Å². The third kappa shape index (κ3) is 3.25. The summed E-state index contributed by atoms with van der Waals surface area (Å²) in [5.41, 5.74) is 5.83. The van der Waals surface area contributed by atoms with E-state index in [-0.39, 0.29) is 11.3 Å². The molecule has 1 aromatic rings. The van der Waals surface area contributed by atoms with E-state index in [1.807, 2.05) is 37.8 Å². The third-order valence-electron chi connectivity index (χ3n) is 3.67. The molecule has 0 saturated carbocycles. The minimum atomic E-state index is -0.453. The van der Waals surface area contributed by atoms with E-state index in [1.54, 1.807) is 6.20 Å². The summed E-state index contributed by atoms with van der Waals surface area (Å²) in [5, 5.41) is 7.98. The number of hydrogen-bond acceptors (Lipinski definition) is 5. The summed E-state index contributed by atoms with van der Waals surface area (Å²) >= 11 is 0. The number of carbonyl (C=O) groups excluding carboxylic acids is 1. The highest BCUT2D eigenvalue weighted by atomic mass is 16.2. The largest absolute Gasteiger partial charge is 0.352 e. The second kappa shape index (κ2) is 5.75. The summed E-state index contributed by atoms with van der Waals surface area (Å²) in [6.45, 7) is 8.86. The van der Waals surface area contributed by atoms with Crippen LogP contribution < -0.4 is 10.6 Å². The highest BCUT2D eigenvalue weighted by Gasteiger charge is 2.32. The fourth-order valence-electron chi connectivity index (χ4n) is 2.19. The molecular weight excluding hydrogens is 254 g/mol. The van der Waals surface area contributed by atoms with Gasteiger partial charge in [0.2, 0.25) is 5.91 Å². The fraction of sp³-hybridized carbons (Fsp3) is 0.643. The number of anilines is 1. The molecule has 1 saturated heterocycles. The smallest absolute Gasteiger partial charge is 0.240 e. The van der Waals surface area contributed by atoms with Gasteiger partial charge in [-0.3, -0.25) is 4.79 Å². The van der Waals surface area contributed by atoms with Gasteiger partial charge in [-0.15, -0.1) is 5.10 Å². The molecule has 1 atom stereocenters. The van der Waals surface area contributed by atoms with Crippen LogP contribution in [0.1, 0.15) is 20.8 Å². The first-order valence-electron chi connectivity index (χ1n) is 6.96. The minimum absolute atomic E-state index is 0.0382. The number of nitrogens with two attached hydrogens (primary N) is 1. The van der Waals surface area contributed by atoms with Crippen molar-refractivity contribution in [3.63, 3.8) is 0 Å². The van der Waals surface area contributed by atoms with E-state index in [4.69, 9.17) is 5.73 Å². The zero-order valence-corrected chi connectivity index (χ0v) is 12.4. The summed E-state index contributed by atoms with van der Waals surface area (Å²) < 4.78 is 0. The van der Waals surface area contributed by atoms with Crippen molar-refractivity contribution in [3.05, 3.63) is 18.3 Å². The van der Waals surface area contributed by atoms with Crippen molar-refractivity contribution in [2.75, 3.05) is 31.1 Å². The number of rotatable bonds is 2. The second-order valence-corrected chi connectivity index (χ2v) is 6.24. The van der Waals surface area contributed by atoms with Crippen molar-refractivity contribution < 1.29 is 4.79 Å². The van der Waals surface area contributed by atoms with Gasteiger partial charge in [0.05, 0.1) is 6.04 Å². The zero-order chi connectivity index (χ0) is 14.8. The van der Waals surface area contributed by atoms with Crippen molar-refractivity contribution >= 4 is 11.7 Å². The molecule has 1 aliphatic heterocycles. The molecule has 2 heterocycles. The Balaban J connectivity index is 1.93. The van der Waals surface area contributed by atoms with Crippen LogP contribution in [0.25, 0.3) is 0 Å². The summed E-state index contributed by atoms with van der Waals surface area (Å²) in [7, 11) is 0. The first-order valence-corrected chi connectivity index (χ1v) is 6.96. The number of piperazine rings is 1. The number of carbonyl (C=O) groups is 1. The predicted octanol–water partition coefficient (Wildman–Crippen LogP) is 0.499. The third-order valence-corrected chi connectivity index (χ3v) is 3.67. The highest BCUT2D eigenvalue weighted by Crippen LogP contribution is 2.20. The summed E-state index contributed by atoms with van der Waals surface area (Å²) in [6.07, 6.45) is 1.66. The lowest BCUT2D eigenvalue weighted by Crippen LogP contribution is -2.56. The molecule has 0 aliphatic carbocycles. The standard InChI is InChI=1S/C14H23N5O/c1-14(2,3)12(15)13(20)19-9-7-18(8-10-19)11-5-4-6-16-17-11/h4-6,12H,7-10,15H2,1-3H3/t12-/m1/s1. The Morgan fingerprint density at radius 2 is 1.95 bits per heavy atom. The monoisotopic (exact) mass is 277 g/mol. The average molecular weight is 277 g/mol. The molecule has 0 radical (unpaired) electrons. The Hall–Kier alpha value is -1.69. The summed E-state index contributed by atoms with van der Waals surface area (Å²) in [6, 6.07) is 3.35. The summed E-state index contributed by atoms with van der Waals surface area (Å²) in [5.74, 6) is 0.899. The normalized spacial score (nSPS) is 18.0. The Morgan fingerprint density at radius 1 is 1.30 bits per heavy atom. The lowest BCUT2D eigenvalue weighted by Gasteiger charge is -2.38. The number of nitrogens with zero attached hydrogens (tertiary/aromatic N) is 4. The van der Waals surface area contributed by atoms with Gasteiger partial charge in [0.15, 0.2) is 5.82 Å². The van der Waals surface area contributed by atoms with E-state index in [2.05, 4.69) is 15.1 Å². The van der Waals surface area contributed by atoms with Gasteiger partial charge in [-0.2, -0.15) is 5.10 Å². The predicted molar refractivity (Wildman–Crippen MR) is 78.3 cm³/mol. The van der Waals surface area contributed by atoms with Crippen LogP contribution in [0.3, 0.4) is 0 Å². The van der Waals surface area contributed by atoms with Crippen LogP contribution in [-0.2, 0) is 4.79 Å². The summed E-state index contributed by atoms with van der Waals surface area (Å²) in [4.78, 5) is 16.3. The van der Waals surface area contributed by atoms with Crippen LogP contribution in [0, 0.1) is 5.41 Å². The molecule has 1 amide bonds. The van der Waals surface area contributed by atoms with Gasteiger partial charge in [0, 0.05) is 32.4 Å². The number of amides is 1. The van der Waals surface area contributed by atoms with Gasteiger partial charge in [0.25, 0.3) is 0 Å². The van der Waals surface area contributed by atoms with Crippen LogP contribution in [0.2, 0.25) is 0 Å². The molecule has 1 aliphatic rings. The molecule has 6 heteroatoms. The Morgan fingerprint density at radius 3 is 2.45 bits per heavy atom. The van der Waals surface area contributed by atoms with Gasteiger partial charge < -0.3 is 15.5 Å². The van der Waals surface area contributed by atoms with Crippen molar-refractivity contribution in [3.8, 4) is 0 Å². The molecule has 1 aromatic heterocycles. The molecule has 6 nitrogen and oxygen atoms in total. The lowest BCUT2D eigenvalue weighted by molar-refractivity contribution is -0.135. The SMILES string of the molecule is CC(C)(C)[C@H](N)C(=O)N1CCN(c2cccnn2)CC1. The quantitative estimate of drug-likeness (QED) is 0.852. The van der Waals surface area contributed by atoms with Gasteiger partial charge in [-0.25, -0.2) is 0 Å². The lowest BCUT2D eigenvalue weighted by atomic mass is 9.86. The maximum absolute atomic E-state index is 12.3. The first-order chi connectivity index (χ1) is 9.39. The minimum Gasteiger partial charge on any atom is -0.352 e. The average Bonchev–Trinajstić information content (AvgIpc) is 2.46. The molecule has 2 rings (SSSR count). The van der Waals surface area contributed by atoms with Gasteiger partial charge >= 0.3 is 0 Å². The number of aromatic nitrogens is 2. The fourth-order valence-corrected chi connectivity index (χ4v) is 2.19. The maximum Gasteiger partial charge on any atom is 0.240 e. The van der Waals surface area contributed by atoms with E-state index in [0.29, 0.717) is 13.1 Å². The molecule has 0 bridgehead atoms. The van der Waals surface area contributed by atoms with Crippen molar-refractivity contribution in [2.24, 2.45) is 11.1 Å².